The zero-order valence-corrected chi connectivity index (χ0v) is 40.4. The summed E-state index contributed by atoms with van der Waals surface area (Å²) in [6.07, 6.45) is 64.2. The van der Waals surface area contributed by atoms with Crippen LogP contribution >= 0.6 is 0 Å². The highest BCUT2D eigenvalue weighted by Gasteiger charge is 2.19. The van der Waals surface area contributed by atoms with E-state index < -0.39 is 6.10 Å². The van der Waals surface area contributed by atoms with Crippen molar-refractivity contribution in [3.63, 3.8) is 0 Å². The standard InChI is InChI=1S/C56H94O6/c1-4-7-10-13-16-19-22-25-27-28-29-32-34-37-40-43-46-49-55(58)61-52-53(51-60-54(57)48-45-42-39-36-33-30-24-21-18-15-12-9-6-3)62-56(59)50-47-44-41-38-35-31-26-23-20-17-14-11-8-5-2/h8-9,11-12,15-21,24-25,27,53H,4-7,10,13-14,22-23,26,28-52H2,1-3H3/b11-8-,12-9-,18-15-,19-16-,20-17-,24-21-,27-25-. The van der Waals surface area contributed by atoms with Crippen molar-refractivity contribution >= 4 is 17.9 Å². The van der Waals surface area contributed by atoms with E-state index in [0.717, 1.165) is 116 Å². The highest BCUT2D eigenvalue weighted by atomic mass is 16.6. The van der Waals surface area contributed by atoms with Crippen molar-refractivity contribution in [3.05, 3.63) is 85.1 Å². The molecule has 0 aromatic heterocycles. The van der Waals surface area contributed by atoms with Crippen LogP contribution in [-0.4, -0.2) is 37.2 Å². The molecule has 0 heterocycles. The second-order valence-corrected chi connectivity index (χ2v) is 16.7. The van der Waals surface area contributed by atoms with E-state index in [1.165, 1.54) is 77.0 Å². The monoisotopic (exact) mass is 863 g/mol. The van der Waals surface area contributed by atoms with Crippen LogP contribution in [0.15, 0.2) is 85.1 Å². The fourth-order valence-electron chi connectivity index (χ4n) is 6.86. The molecule has 0 aromatic rings. The van der Waals surface area contributed by atoms with Gasteiger partial charge in [0.2, 0.25) is 0 Å². The quantitative estimate of drug-likeness (QED) is 0.0199. The first-order valence-corrected chi connectivity index (χ1v) is 25.6. The van der Waals surface area contributed by atoms with E-state index in [1.54, 1.807) is 0 Å². The molecule has 1 atom stereocenters. The summed E-state index contributed by atoms with van der Waals surface area (Å²) in [6, 6.07) is 0. The molecule has 62 heavy (non-hydrogen) atoms. The Labute approximate surface area is 382 Å². The van der Waals surface area contributed by atoms with E-state index in [1.807, 2.05) is 0 Å². The maximum atomic E-state index is 12.8. The fraction of sp³-hybridized carbons (Fsp3) is 0.696. The molecule has 0 aromatic carbocycles. The average Bonchev–Trinajstić information content (AvgIpc) is 3.27. The minimum absolute atomic E-state index is 0.0914. The number of allylic oxidation sites excluding steroid dienone is 14. The molecule has 0 fully saturated rings. The second kappa shape index (κ2) is 50.2. The van der Waals surface area contributed by atoms with Crippen LogP contribution in [0.2, 0.25) is 0 Å². The number of hydrogen-bond donors (Lipinski definition) is 0. The van der Waals surface area contributed by atoms with Crippen LogP contribution in [0.5, 0.6) is 0 Å². The van der Waals surface area contributed by atoms with Gasteiger partial charge in [-0.1, -0.05) is 202 Å². The number of hydrogen-bond acceptors (Lipinski definition) is 6. The number of unbranched alkanes of at least 4 members (excludes halogenated alkanes) is 22. The van der Waals surface area contributed by atoms with E-state index in [4.69, 9.17) is 14.2 Å². The highest BCUT2D eigenvalue weighted by molar-refractivity contribution is 5.71. The number of carbonyl (C=O) groups is 3. The van der Waals surface area contributed by atoms with Gasteiger partial charge >= 0.3 is 17.9 Å². The van der Waals surface area contributed by atoms with Crippen LogP contribution < -0.4 is 0 Å². The molecule has 0 aliphatic carbocycles. The van der Waals surface area contributed by atoms with E-state index in [-0.39, 0.29) is 31.1 Å². The molecule has 0 saturated carbocycles. The van der Waals surface area contributed by atoms with Gasteiger partial charge < -0.3 is 14.2 Å². The first kappa shape index (κ1) is 58.6. The van der Waals surface area contributed by atoms with Crippen molar-refractivity contribution in [1.29, 1.82) is 0 Å². The van der Waals surface area contributed by atoms with Gasteiger partial charge in [0.05, 0.1) is 0 Å². The van der Waals surface area contributed by atoms with Crippen molar-refractivity contribution in [1.82, 2.24) is 0 Å². The van der Waals surface area contributed by atoms with Crippen molar-refractivity contribution < 1.29 is 28.6 Å². The van der Waals surface area contributed by atoms with Crippen LogP contribution in [0.25, 0.3) is 0 Å². The SMILES string of the molecule is CC\C=C/C=C\C=C/CCCCCCCC(=O)OCC(COC(=O)CCCCCCCCC/C=C\C/C=C\CCCCC)OC(=O)CCCCCCCCC/C=C\C/C=C\CC. The predicted octanol–water partition coefficient (Wildman–Crippen LogP) is 16.8. The van der Waals surface area contributed by atoms with Crippen LogP contribution in [-0.2, 0) is 28.6 Å². The van der Waals surface area contributed by atoms with E-state index in [9.17, 15) is 14.4 Å². The summed E-state index contributed by atoms with van der Waals surface area (Å²) < 4.78 is 16.8. The van der Waals surface area contributed by atoms with Gasteiger partial charge in [-0.25, -0.2) is 0 Å². The Balaban J connectivity index is 4.42. The Hall–Kier alpha value is -3.41. The van der Waals surface area contributed by atoms with E-state index in [0.29, 0.717) is 19.3 Å². The summed E-state index contributed by atoms with van der Waals surface area (Å²) in [5.41, 5.74) is 0. The van der Waals surface area contributed by atoms with Crippen molar-refractivity contribution in [2.24, 2.45) is 0 Å². The lowest BCUT2D eigenvalue weighted by atomic mass is 10.1. The summed E-state index contributed by atoms with van der Waals surface area (Å²) in [5.74, 6) is -0.929. The Morgan fingerprint density at radius 3 is 1.15 bits per heavy atom. The molecule has 6 nitrogen and oxygen atoms in total. The summed E-state index contributed by atoms with van der Waals surface area (Å²) >= 11 is 0. The fourth-order valence-corrected chi connectivity index (χ4v) is 6.86. The molecule has 0 radical (unpaired) electrons. The molecule has 0 saturated heterocycles. The molecular weight excluding hydrogens is 769 g/mol. The third-order valence-corrected chi connectivity index (χ3v) is 10.7. The molecule has 0 N–H and O–H groups in total. The van der Waals surface area contributed by atoms with Gasteiger partial charge in [0.15, 0.2) is 6.10 Å². The average molecular weight is 863 g/mol. The maximum Gasteiger partial charge on any atom is 0.306 e. The lowest BCUT2D eigenvalue weighted by molar-refractivity contribution is -0.167. The minimum Gasteiger partial charge on any atom is -0.462 e. The first-order chi connectivity index (χ1) is 30.5. The second-order valence-electron chi connectivity index (χ2n) is 16.7. The molecule has 1 unspecified atom stereocenters. The maximum absolute atomic E-state index is 12.8. The smallest absolute Gasteiger partial charge is 0.306 e. The van der Waals surface area contributed by atoms with Gasteiger partial charge in [0, 0.05) is 19.3 Å². The molecule has 0 spiro atoms. The van der Waals surface area contributed by atoms with Gasteiger partial charge in [-0.05, 0) is 96.3 Å². The molecule has 0 bridgehead atoms. The van der Waals surface area contributed by atoms with Gasteiger partial charge in [-0.15, -0.1) is 0 Å². The van der Waals surface area contributed by atoms with E-state index in [2.05, 4.69) is 106 Å². The summed E-state index contributed by atoms with van der Waals surface area (Å²) in [7, 11) is 0. The molecule has 6 heteroatoms. The Kier molecular flexibility index (Phi) is 47.5. The lowest BCUT2D eigenvalue weighted by Gasteiger charge is -2.18. The normalized spacial score (nSPS) is 12.8. The van der Waals surface area contributed by atoms with Crippen molar-refractivity contribution in [2.45, 2.75) is 239 Å². The number of esters is 3. The van der Waals surface area contributed by atoms with Gasteiger partial charge in [-0.2, -0.15) is 0 Å². The topological polar surface area (TPSA) is 78.9 Å². The molecule has 0 rings (SSSR count). The molecule has 354 valence electrons. The van der Waals surface area contributed by atoms with Crippen LogP contribution in [0, 0.1) is 0 Å². The molecule has 0 aliphatic rings. The Bertz CT molecular complexity index is 1220. The third kappa shape index (κ3) is 47.6. The number of carbonyl (C=O) groups excluding carboxylic acids is 3. The summed E-state index contributed by atoms with van der Waals surface area (Å²) in [6.45, 7) is 6.34. The van der Waals surface area contributed by atoms with Gasteiger partial charge in [0.1, 0.15) is 13.2 Å². The summed E-state index contributed by atoms with van der Waals surface area (Å²) in [5, 5.41) is 0. The van der Waals surface area contributed by atoms with Crippen LogP contribution in [0.3, 0.4) is 0 Å². The largest absolute Gasteiger partial charge is 0.462 e. The highest BCUT2D eigenvalue weighted by Crippen LogP contribution is 2.14. The first-order valence-electron chi connectivity index (χ1n) is 25.6. The molecule has 0 amide bonds. The van der Waals surface area contributed by atoms with Crippen molar-refractivity contribution in [3.8, 4) is 0 Å². The van der Waals surface area contributed by atoms with Crippen molar-refractivity contribution in [2.75, 3.05) is 13.2 Å². The molecular formula is C56H94O6. The molecule has 0 aliphatic heterocycles. The Morgan fingerprint density at radius 2 is 0.710 bits per heavy atom. The number of ether oxygens (including phenoxy) is 3. The lowest BCUT2D eigenvalue weighted by Crippen LogP contribution is -2.30. The van der Waals surface area contributed by atoms with Gasteiger partial charge in [-0.3, -0.25) is 14.4 Å². The third-order valence-electron chi connectivity index (χ3n) is 10.7. The Morgan fingerprint density at radius 1 is 0.355 bits per heavy atom. The zero-order chi connectivity index (χ0) is 45.1. The summed E-state index contributed by atoms with van der Waals surface area (Å²) in [4.78, 5) is 38.0. The number of rotatable bonds is 45. The van der Waals surface area contributed by atoms with Crippen LogP contribution in [0.4, 0.5) is 0 Å². The predicted molar refractivity (Wildman–Crippen MR) is 265 cm³/mol. The van der Waals surface area contributed by atoms with Gasteiger partial charge in [0.25, 0.3) is 0 Å². The minimum atomic E-state index is -0.792. The van der Waals surface area contributed by atoms with E-state index >= 15 is 0 Å². The zero-order valence-electron chi connectivity index (χ0n) is 40.4. The van der Waals surface area contributed by atoms with Crippen LogP contribution in [0.1, 0.15) is 233 Å².